The molecular formula is C18H25N3O2. The minimum absolute atomic E-state index is 0.0364. The van der Waals surface area contributed by atoms with E-state index in [1.165, 1.54) is 17.5 Å². The van der Waals surface area contributed by atoms with Crippen LogP contribution in [-0.2, 0) is 22.6 Å². The van der Waals surface area contributed by atoms with Gasteiger partial charge in [-0.1, -0.05) is 24.3 Å². The summed E-state index contributed by atoms with van der Waals surface area (Å²) in [6.07, 6.45) is 3.99. The fourth-order valence-electron chi connectivity index (χ4n) is 3.40. The number of rotatable bonds is 3. The average Bonchev–Trinajstić information content (AvgIpc) is 2.61. The van der Waals surface area contributed by atoms with Crippen molar-refractivity contribution in [2.24, 2.45) is 0 Å². The lowest BCUT2D eigenvalue weighted by molar-refractivity contribution is -0.137. The van der Waals surface area contributed by atoms with Gasteiger partial charge < -0.3 is 15.5 Å². The summed E-state index contributed by atoms with van der Waals surface area (Å²) >= 11 is 0. The Balaban J connectivity index is 1.55. The van der Waals surface area contributed by atoms with Gasteiger partial charge in [-0.2, -0.15) is 0 Å². The molecule has 0 bridgehead atoms. The summed E-state index contributed by atoms with van der Waals surface area (Å²) in [5, 5.41) is 6.15. The Morgan fingerprint density at radius 1 is 1.17 bits per heavy atom. The topological polar surface area (TPSA) is 61.4 Å². The molecule has 2 aliphatic heterocycles. The van der Waals surface area contributed by atoms with E-state index in [9.17, 15) is 9.59 Å². The quantitative estimate of drug-likeness (QED) is 0.881. The van der Waals surface area contributed by atoms with Crippen LogP contribution in [0, 0.1) is 0 Å². The molecule has 0 radical (unpaired) electrons. The molecule has 2 amide bonds. The van der Waals surface area contributed by atoms with Gasteiger partial charge >= 0.3 is 0 Å². The van der Waals surface area contributed by atoms with Gasteiger partial charge in [0.25, 0.3) is 0 Å². The monoisotopic (exact) mass is 315 g/mol. The van der Waals surface area contributed by atoms with E-state index in [1.54, 1.807) is 6.92 Å². The zero-order chi connectivity index (χ0) is 16.2. The lowest BCUT2D eigenvalue weighted by atomic mass is 9.95. The molecule has 2 aliphatic rings. The molecule has 5 nitrogen and oxygen atoms in total. The first kappa shape index (κ1) is 16.0. The van der Waals surface area contributed by atoms with Crippen molar-refractivity contribution in [1.82, 2.24) is 15.5 Å². The molecule has 1 aromatic carbocycles. The third kappa shape index (κ3) is 3.72. The van der Waals surface area contributed by atoms with Crippen molar-refractivity contribution < 1.29 is 9.59 Å². The molecule has 23 heavy (non-hydrogen) atoms. The number of fused-ring (bicyclic) bond motifs is 1. The van der Waals surface area contributed by atoms with Crippen molar-refractivity contribution >= 4 is 11.8 Å². The Morgan fingerprint density at radius 2 is 1.87 bits per heavy atom. The van der Waals surface area contributed by atoms with E-state index in [4.69, 9.17) is 0 Å². The number of hydrogen-bond acceptors (Lipinski definition) is 3. The van der Waals surface area contributed by atoms with Gasteiger partial charge in [0.2, 0.25) is 11.8 Å². The van der Waals surface area contributed by atoms with E-state index >= 15 is 0 Å². The number of hydrogen-bond donors (Lipinski definition) is 2. The van der Waals surface area contributed by atoms with Gasteiger partial charge in [-0.3, -0.25) is 9.59 Å². The van der Waals surface area contributed by atoms with E-state index in [1.807, 2.05) is 17.0 Å². The molecule has 1 aromatic rings. The Labute approximate surface area is 137 Å². The van der Waals surface area contributed by atoms with Crippen LogP contribution in [0.3, 0.4) is 0 Å². The van der Waals surface area contributed by atoms with Crippen LogP contribution in [0.2, 0.25) is 0 Å². The fraction of sp³-hybridized carbons (Fsp3) is 0.556. The predicted molar refractivity (Wildman–Crippen MR) is 88.8 cm³/mol. The van der Waals surface area contributed by atoms with Crippen LogP contribution >= 0.6 is 0 Å². The third-order valence-electron chi connectivity index (χ3n) is 4.79. The van der Waals surface area contributed by atoms with Gasteiger partial charge in [0.05, 0.1) is 6.04 Å². The van der Waals surface area contributed by atoms with Crippen LogP contribution in [0.25, 0.3) is 0 Å². The first-order valence-corrected chi connectivity index (χ1v) is 8.54. The van der Waals surface area contributed by atoms with Crippen molar-refractivity contribution in [2.75, 3.05) is 13.1 Å². The Kier molecular flexibility index (Phi) is 4.96. The summed E-state index contributed by atoms with van der Waals surface area (Å²) < 4.78 is 0. The minimum atomic E-state index is -0.459. The smallest absolute Gasteiger partial charge is 0.244 e. The zero-order valence-corrected chi connectivity index (χ0v) is 13.7. The van der Waals surface area contributed by atoms with Crippen molar-refractivity contribution in [2.45, 2.75) is 51.2 Å². The maximum absolute atomic E-state index is 12.5. The van der Waals surface area contributed by atoms with E-state index in [0.29, 0.717) is 13.0 Å². The maximum atomic E-state index is 12.5. The molecule has 0 aliphatic carbocycles. The largest absolute Gasteiger partial charge is 0.343 e. The number of benzene rings is 1. The summed E-state index contributed by atoms with van der Waals surface area (Å²) in [5.74, 6) is -0.0494. The molecular weight excluding hydrogens is 290 g/mol. The van der Waals surface area contributed by atoms with Crippen molar-refractivity contribution in [1.29, 1.82) is 0 Å². The van der Waals surface area contributed by atoms with Crippen LogP contribution in [-0.4, -0.2) is 41.9 Å². The van der Waals surface area contributed by atoms with Crippen LogP contribution in [0.1, 0.15) is 37.3 Å². The number of nitrogens with one attached hydrogen (secondary N) is 2. The van der Waals surface area contributed by atoms with Gasteiger partial charge in [-0.25, -0.2) is 0 Å². The second-order valence-electron chi connectivity index (χ2n) is 6.52. The summed E-state index contributed by atoms with van der Waals surface area (Å²) in [4.78, 5) is 26.7. The maximum Gasteiger partial charge on any atom is 0.244 e. The van der Waals surface area contributed by atoms with Crippen LogP contribution in [0.15, 0.2) is 24.3 Å². The highest BCUT2D eigenvalue weighted by Gasteiger charge is 2.28. The zero-order valence-electron chi connectivity index (χ0n) is 13.7. The van der Waals surface area contributed by atoms with E-state index in [-0.39, 0.29) is 17.9 Å². The van der Waals surface area contributed by atoms with Gasteiger partial charge in [-0.15, -0.1) is 0 Å². The molecule has 1 saturated heterocycles. The highest BCUT2D eigenvalue weighted by Crippen LogP contribution is 2.16. The summed E-state index contributed by atoms with van der Waals surface area (Å²) in [6, 6.07) is 7.45. The Morgan fingerprint density at radius 3 is 2.61 bits per heavy atom. The highest BCUT2D eigenvalue weighted by atomic mass is 16.2. The third-order valence-corrected chi connectivity index (χ3v) is 4.79. The molecule has 2 unspecified atom stereocenters. The number of likely N-dealkylation sites (tertiary alicyclic amines) is 1. The van der Waals surface area contributed by atoms with E-state index in [0.717, 1.165) is 25.9 Å². The first-order chi connectivity index (χ1) is 11.1. The molecule has 1 fully saturated rings. The highest BCUT2D eigenvalue weighted by molar-refractivity contribution is 5.89. The van der Waals surface area contributed by atoms with Gasteiger partial charge in [0.1, 0.15) is 6.04 Å². The van der Waals surface area contributed by atoms with E-state index in [2.05, 4.69) is 22.8 Å². The molecule has 0 aromatic heterocycles. The van der Waals surface area contributed by atoms with Gasteiger partial charge in [-0.05, 0) is 43.7 Å². The summed E-state index contributed by atoms with van der Waals surface area (Å²) in [5.41, 5.74) is 2.45. The summed E-state index contributed by atoms with van der Waals surface area (Å²) in [6.45, 7) is 4.11. The Bertz CT molecular complexity index is 581. The number of amides is 2. The fourth-order valence-corrected chi connectivity index (χ4v) is 3.40. The second kappa shape index (κ2) is 7.13. The average molecular weight is 315 g/mol. The Hall–Kier alpha value is -1.88. The van der Waals surface area contributed by atoms with Crippen LogP contribution in [0.5, 0.6) is 0 Å². The molecule has 3 rings (SSSR count). The number of carbonyl (C=O) groups is 2. The second-order valence-corrected chi connectivity index (χ2v) is 6.52. The molecule has 2 N–H and O–H groups in total. The summed E-state index contributed by atoms with van der Waals surface area (Å²) in [7, 11) is 0. The van der Waals surface area contributed by atoms with Crippen LogP contribution in [0.4, 0.5) is 0 Å². The molecule has 0 saturated carbocycles. The standard InChI is InChI=1S/C18H25N3O2/c1-13(18(23)21-9-5-2-6-10-21)20-17(22)16-11-14-7-3-4-8-15(14)12-19-16/h3-4,7-8,13,16,19H,2,5-6,9-12H2,1H3,(H,20,22). The molecule has 5 heteroatoms. The lowest BCUT2D eigenvalue weighted by Gasteiger charge is -2.31. The minimum Gasteiger partial charge on any atom is -0.343 e. The number of piperidine rings is 1. The molecule has 2 atom stereocenters. The predicted octanol–water partition coefficient (Wildman–Crippen LogP) is 1.22. The number of carbonyl (C=O) groups excluding carboxylic acids is 2. The van der Waals surface area contributed by atoms with Gasteiger partial charge in [0, 0.05) is 19.6 Å². The molecule has 124 valence electrons. The molecule has 2 heterocycles. The van der Waals surface area contributed by atoms with E-state index < -0.39 is 6.04 Å². The SMILES string of the molecule is CC(NC(=O)C1Cc2ccccc2CN1)C(=O)N1CCCCC1. The van der Waals surface area contributed by atoms with Crippen molar-refractivity contribution in [3.05, 3.63) is 35.4 Å². The molecule has 0 spiro atoms. The number of nitrogens with zero attached hydrogens (tertiary/aromatic N) is 1. The lowest BCUT2D eigenvalue weighted by Crippen LogP contribution is -2.54. The van der Waals surface area contributed by atoms with Crippen molar-refractivity contribution in [3.63, 3.8) is 0 Å². The first-order valence-electron chi connectivity index (χ1n) is 8.54. The van der Waals surface area contributed by atoms with Gasteiger partial charge in [0.15, 0.2) is 0 Å². The normalized spacial score (nSPS) is 22.1. The van der Waals surface area contributed by atoms with Crippen LogP contribution < -0.4 is 10.6 Å². The van der Waals surface area contributed by atoms with Crippen molar-refractivity contribution in [3.8, 4) is 0 Å².